The van der Waals surface area contributed by atoms with E-state index >= 15 is 0 Å². The molecule has 8 nitrogen and oxygen atoms in total. The van der Waals surface area contributed by atoms with Gasteiger partial charge in [-0.15, -0.1) is 0 Å². The van der Waals surface area contributed by atoms with Crippen LogP contribution in [0.4, 0.5) is 5.69 Å². The van der Waals surface area contributed by atoms with Gasteiger partial charge in [-0.1, -0.05) is 23.8 Å². The van der Waals surface area contributed by atoms with Crippen molar-refractivity contribution in [2.24, 2.45) is 40.6 Å². The second-order valence-corrected chi connectivity index (χ2v) is 8.92. The van der Waals surface area contributed by atoms with E-state index in [1.807, 2.05) is 0 Å². The molecule has 1 aliphatic heterocycles. The molecule has 0 spiro atoms. The molecule has 0 unspecified atom stereocenters. The summed E-state index contributed by atoms with van der Waals surface area (Å²) in [5.74, 6) is 0.992. The van der Waals surface area contributed by atoms with Crippen LogP contribution in [0.3, 0.4) is 0 Å². The number of hydrogen-bond donors (Lipinski definition) is 0. The highest BCUT2D eigenvalue weighted by molar-refractivity contribution is 6.32. The lowest BCUT2D eigenvalue weighted by Crippen LogP contribution is -2.40. The lowest BCUT2D eigenvalue weighted by molar-refractivity contribution is -0.384. The summed E-state index contributed by atoms with van der Waals surface area (Å²) in [6.07, 6.45) is 6.67. The summed E-state index contributed by atoms with van der Waals surface area (Å²) in [5, 5.41) is 16.3. The Balaban J connectivity index is 1.24. The fourth-order valence-corrected chi connectivity index (χ4v) is 5.74. The SMILES string of the molecule is O=C1[C@@H]2[C@@H]3C=C[C@H]([C@H]4C[C@@H]34)[C@@H]2C(=O)N1/N=C\c1ccc(-c2ccc(Cl)c([N+](=O)[O-])c2)o1. The minimum Gasteiger partial charge on any atom is -0.455 e. The summed E-state index contributed by atoms with van der Waals surface area (Å²) in [7, 11) is 0. The molecule has 2 saturated carbocycles. The standard InChI is InChI=1S/C22H16ClN3O5/c23-16-5-1-10(7-17(16)26(29)30)18-6-2-11(31-18)9-24-25-21(27)19-12-3-4-13(15-8-14(12)15)20(19)22(25)28/h1-7,9,12-15,19-20H,8H2/b24-9-/t12-,13-,14-,15+,19+,20-/m1/s1. The molecule has 5 aliphatic rings. The largest absolute Gasteiger partial charge is 0.455 e. The van der Waals surface area contributed by atoms with Crippen LogP contribution in [0, 0.1) is 45.6 Å². The van der Waals surface area contributed by atoms with Crippen LogP contribution >= 0.6 is 11.6 Å². The number of nitro groups is 1. The Labute approximate surface area is 181 Å². The van der Waals surface area contributed by atoms with E-state index in [4.69, 9.17) is 16.0 Å². The number of amides is 2. The molecule has 2 bridgehead atoms. The highest BCUT2D eigenvalue weighted by Gasteiger charge is 2.67. The highest BCUT2D eigenvalue weighted by Crippen LogP contribution is 2.65. The van der Waals surface area contributed by atoms with Gasteiger partial charge in [-0.05, 0) is 54.4 Å². The Morgan fingerprint density at radius 1 is 1.10 bits per heavy atom. The van der Waals surface area contributed by atoms with Gasteiger partial charge in [0, 0.05) is 11.6 Å². The van der Waals surface area contributed by atoms with Gasteiger partial charge >= 0.3 is 0 Å². The maximum Gasteiger partial charge on any atom is 0.288 e. The van der Waals surface area contributed by atoms with Crippen LogP contribution in [0.2, 0.25) is 5.02 Å². The molecule has 2 heterocycles. The molecule has 4 aliphatic carbocycles. The lowest BCUT2D eigenvalue weighted by atomic mass is 9.63. The first kappa shape index (κ1) is 18.5. The van der Waals surface area contributed by atoms with Gasteiger partial charge in [0.15, 0.2) is 0 Å². The van der Waals surface area contributed by atoms with E-state index in [0.29, 0.717) is 28.9 Å². The van der Waals surface area contributed by atoms with Crippen LogP contribution in [0.25, 0.3) is 11.3 Å². The predicted octanol–water partition coefficient (Wildman–Crippen LogP) is 3.90. The molecular formula is C22H16ClN3O5. The summed E-state index contributed by atoms with van der Waals surface area (Å²) in [6, 6.07) is 7.63. The van der Waals surface area contributed by atoms with Gasteiger partial charge in [-0.3, -0.25) is 19.7 Å². The number of hydrazone groups is 1. The number of furan rings is 1. The summed E-state index contributed by atoms with van der Waals surface area (Å²) >= 11 is 5.85. The number of nitro benzene ring substituents is 1. The van der Waals surface area contributed by atoms with Crippen molar-refractivity contribution >= 4 is 35.3 Å². The second kappa shape index (κ2) is 6.37. The van der Waals surface area contributed by atoms with Gasteiger partial charge in [0.05, 0.1) is 23.0 Å². The van der Waals surface area contributed by atoms with Gasteiger partial charge < -0.3 is 4.42 Å². The monoisotopic (exact) mass is 437 g/mol. The zero-order valence-electron chi connectivity index (χ0n) is 16.1. The van der Waals surface area contributed by atoms with Gasteiger partial charge in [0.25, 0.3) is 17.5 Å². The number of halogens is 1. The van der Waals surface area contributed by atoms with Crippen LogP contribution in [0.15, 0.2) is 52.0 Å². The molecule has 6 atom stereocenters. The van der Waals surface area contributed by atoms with E-state index in [1.165, 1.54) is 18.3 Å². The Kier molecular flexibility index (Phi) is 3.80. The van der Waals surface area contributed by atoms with E-state index in [2.05, 4.69) is 17.3 Å². The Hall–Kier alpha value is -3.26. The van der Waals surface area contributed by atoms with E-state index < -0.39 is 4.92 Å². The van der Waals surface area contributed by atoms with Crippen molar-refractivity contribution in [3.63, 3.8) is 0 Å². The lowest BCUT2D eigenvalue weighted by Gasteiger charge is -2.37. The first-order valence-corrected chi connectivity index (χ1v) is 10.5. The molecule has 0 N–H and O–H groups in total. The van der Waals surface area contributed by atoms with Gasteiger partial charge in [0.1, 0.15) is 16.5 Å². The van der Waals surface area contributed by atoms with E-state index in [9.17, 15) is 19.7 Å². The van der Waals surface area contributed by atoms with E-state index in [1.54, 1.807) is 18.2 Å². The third kappa shape index (κ3) is 2.64. The molecule has 1 aromatic heterocycles. The fourth-order valence-electron chi connectivity index (χ4n) is 5.55. The quantitative estimate of drug-likeness (QED) is 0.237. The molecule has 156 valence electrons. The van der Waals surface area contributed by atoms with Crippen molar-refractivity contribution in [2.75, 3.05) is 0 Å². The molecule has 0 radical (unpaired) electrons. The topological polar surface area (TPSA) is 106 Å². The average molecular weight is 438 g/mol. The second-order valence-electron chi connectivity index (χ2n) is 8.51. The molecule has 2 amide bonds. The van der Waals surface area contributed by atoms with E-state index in [0.717, 1.165) is 11.4 Å². The van der Waals surface area contributed by atoms with Crippen LogP contribution in [-0.4, -0.2) is 28.0 Å². The first-order chi connectivity index (χ1) is 14.9. The van der Waals surface area contributed by atoms with Gasteiger partial charge in [-0.25, -0.2) is 0 Å². The van der Waals surface area contributed by atoms with Crippen molar-refractivity contribution in [3.8, 4) is 11.3 Å². The van der Waals surface area contributed by atoms with Crippen LogP contribution in [-0.2, 0) is 9.59 Å². The van der Waals surface area contributed by atoms with Crippen molar-refractivity contribution in [1.29, 1.82) is 0 Å². The smallest absolute Gasteiger partial charge is 0.288 e. The van der Waals surface area contributed by atoms with Crippen LogP contribution in [0.1, 0.15) is 12.2 Å². The van der Waals surface area contributed by atoms with Crippen LogP contribution < -0.4 is 0 Å². The molecule has 1 aromatic carbocycles. The first-order valence-electron chi connectivity index (χ1n) is 10.1. The van der Waals surface area contributed by atoms with Crippen LogP contribution in [0.5, 0.6) is 0 Å². The minimum absolute atomic E-state index is 0.0377. The maximum absolute atomic E-state index is 12.9. The molecule has 7 rings (SSSR count). The summed E-state index contributed by atoms with van der Waals surface area (Å²) in [5.41, 5.74) is 0.264. The molecule has 3 fully saturated rings. The Bertz CT molecular complexity index is 1180. The third-order valence-electron chi connectivity index (χ3n) is 6.99. The number of carbonyl (C=O) groups excluding carboxylic acids is 2. The number of rotatable bonds is 4. The van der Waals surface area contributed by atoms with Crippen molar-refractivity contribution in [1.82, 2.24) is 5.01 Å². The molecule has 1 saturated heterocycles. The van der Waals surface area contributed by atoms with Crippen molar-refractivity contribution in [2.45, 2.75) is 6.42 Å². The summed E-state index contributed by atoms with van der Waals surface area (Å²) in [4.78, 5) is 36.4. The van der Waals surface area contributed by atoms with Gasteiger partial charge in [0.2, 0.25) is 0 Å². The van der Waals surface area contributed by atoms with Crippen molar-refractivity contribution in [3.05, 3.63) is 63.4 Å². The van der Waals surface area contributed by atoms with E-state index in [-0.39, 0.29) is 46.2 Å². The minimum atomic E-state index is -0.562. The predicted molar refractivity (Wildman–Crippen MR) is 110 cm³/mol. The highest BCUT2D eigenvalue weighted by atomic mass is 35.5. The average Bonchev–Trinajstić information content (AvgIpc) is 3.39. The third-order valence-corrected chi connectivity index (χ3v) is 7.31. The number of allylic oxidation sites excluding steroid dienone is 2. The maximum atomic E-state index is 12.9. The zero-order valence-corrected chi connectivity index (χ0v) is 16.8. The van der Waals surface area contributed by atoms with Gasteiger partial charge in [-0.2, -0.15) is 10.1 Å². The summed E-state index contributed by atoms with van der Waals surface area (Å²) in [6.45, 7) is 0. The molecule has 2 aromatic rings. The molecule has 31 heavy (non-hydrogen) atoms. The zero-order chi connectivity index (χ0) is 21.4. The number of hydrogen-bond acceptors (Lipinski definition) is 6. The number of imide groups is 1. The fraction of sp³-hybridized carbons (Fsp3) is 0.318. The molecular weight excluding hydrogens is 422 g/mol. The molecule has 9 heteroatoms. The summed E-state index contributed by atoms with van der Waals surface area (Å²) < 4.78 is 5.70. The number of nitrogens with zero attached hydrogens (tertiary/aromatic N) is 3. The Morgan fingerprint density at radius 3 is 2.42 bits per heavy atom. The number of carbonyl (C=O) groups is 2. The normalized spacial score (nSPS) is 32.6. The number of benzene rings is 1. The Morgan fingerprint density at radius 2 is 1.77 bits per heavy atom. The van der Waals surface area contributed by atoms with Crippen molar-refractivity contribution < 1.29 is 18.9 Å².